The summed E-state index contributed by atoms with van der Waals surface area (Å²) in [6, 6.07) is 12.9. The number of furan rings is 1. The zero-order chi connectivity index (χ0) is 23.0. The minimum absolute atomic E-state index is 0.170. The third-order valence-electron chi connectivity index (χ3n) is 6.27. The van der Waals surface area contributed by atoms with Gasteiger partial charge in [0.25, 0.3) is 0 Å². The number of hydrogen-bond donors (Lipinski definition) is 3. The topological polar surface area (TPSA) is 112 Å². The molecule has 0 aliphatic heterocycles. The number of benzene rings is 2. The molecule has 2 aromatic heterocycles. The Morgan fingerprint density at radius 3 is 2.82 bits per heavy atom. The summed E-state index contributed by atoms with van der Waals surface area (Å²) in [5.41, 5.74) is 5.44. The summed E-state index contributed by atoms with van der Waals surface area (Å²) in [5, 5.41) is 11.3. The van der Waals surface area contributed by atoms with E-state index in [0.717, 1.165) is 53.3 Å². The second-order valence-corrected chi connectivity index (χ2v) is 15.6. The number of fused-ring (bicyclic) bond motifs is 4. The fraction of sp³-hybridized carbons (Fsp3) is 0.292. The standard InChI is InChI=1S/C24H24AsN2O5S/c28-24(27-29)20(12-9-15-14-26-21-7-3-1-5-17(15)21)25-33(30,31)16-10-11-19-18-6-2-4-8-22(18)32-23(19)13-16/h1,3,5,7,10-11,13-14,20,26,29H,2,4,6,8-9,12H2,(H,27,28)/t20-/m0/s1. The second-order valence-electron chi connectivity index (χ2n) is 8.34. The molecule has 1 aliphatic carbocycles. The fourth-order valence-corrected chi connectivity index (χ4v) is 11.0. The molecule has 0 saturated heterocycles. The Bertz CT molecular complexity index is 1440. The summed E-state index contributed by atoms with van der Waals surface area (Å²) >= 11 is -1.46. The molecule has 1 radical (unpaired) electrons. The molecule has 171 valence electrons. The zero-order valence-electron chi connectivity index (χ0n) is 17.9. The number of hydroxylamine groups is 1. The van der Waals surface area contributed by atoms with Crippen LogP contribution in [-0.2, 0) is 32.2 Å². The Kier molecular flexibility index (Phi) is 6.08. The van der Waals surface area contributed by atoms with Crippen LogP contribution in [0.1, 0.15) is 36.1 Å². The molecule has 1 aliphatic rings. The van der Waals surface area contributed by atoms with Gasteiger partial charge in [0.1, 0.15) is 0 Å². The molecule has 0 fully saturated rings. The van der Waals surface area contributed by atoms with E-state index in [-0.39, 0.29) is 4.90 Å². The number of para-hydroxylation sites is 1. The molecule has 3 N–H and O–H groups in total. The maximum atomic E-state index is 13.3. The number of hydrogen-bond acceptors (Lipinski definition) is 5. The molecule has 4 aromatic rings. The van der Waals surface area contributed by atoms with Crippen molar-refractivity contribution in [3.8, 4) is 0 Å². The van der Waals surface area contributed by atoms with Crippen LogP contribution in [0.2, 0.25) is 4.71 Å². The van der Waals surface area contributed by atoms with Gasteiger partial charge < -0.3 is 0 Å². The van der Waals surface area contributed by atoms with Gasteiger partial charge in [-0.1, -0.05) is 0 Å². The first kappa shape index (κ1) is 22.3. The first-order chi connectivity index (χ1) is 16.0. The Morgan fingerprint density at radius 1 is 1.15 bits per heavy atom. The van der Waals surface area contributed by atoms with Crippen LogP contribution in [0.4, 0.5) is 0 Å². The molecule has 0 spiro atoms. The molecular formula is C24H24AsN2O5S. The van der Waals surface area contributed by atoms with Crippen molar-refractivity contribution in [2.75, 3.05) is 0 Å². The van der Waals surface area contributed by atoms with E-state index >= 15 is 0 Å². The SMILES string of the molecule is O=C(NO)[C@H](CCc1c[nH]c2ccccc12)[As]S(=O)(=O)c1ccc2c3c(oc2c1)CCCC3. The normalized spacial score (nSPS) is 15.3. The Balaban J connectivity index is 1.38. The van der Waals surface area contributed by atoms with E-state index in [2.05, 4.69) is 4.98 Å². The monoisotopic (exact) mass is 527 g/mol. The van der Waals surface area contributed by atoms with Gasteiger partial charge in [0.05, 0.1) is 0 Å². The molecule has 33 heavy (non-hydrogen) atoms. The molecule has 9 heteroatoms. The van der Waals surface area contributed by atoms with Gasteiger partial charge >= 0.3 is 197 Å². The van der Waals surface area contributed by atoms with Crippen LogP contribution in [0.15, 0.2) is 58.0 Å². The average molecular weight is 527 g/mol. The summed E-state index contributed by atoms with van der Waals surface area (Å²) in [5.74, 6) is 0.295. The maximum absolute atomic E-state index is 13.3. The summed E-state index contributed by atoms with van der Waals surface area (Å²) in [6.07, 6.45) is 6.76. The molecule has 5 rings (SSSR count). The van der Waals surface area contributed by atoms with Crippen molar-refractivity contribution in [1.29, 1.82) is 0 Å². The first-order valence-electron chi connectivity index (χ1n) is 11.0. The van der Waals surface area contributed by atoms with E-state index in [0.29, 0.717) is 18.4 Å². The van der Waals surface area contributed by atoms with E-state index in [1.165, 1.54) is 5.56 Å². The Labute approximate surface area is 197 Å². The van der Waals surface area contributed by atoms with Crippen molar-refractivity contribution in [2.45, 2.75) is 48.1 Å². The van der Waals surface area contributed by atoms with Crippen LogP contribution in [0, 0.1) is 0 Å². The molecular weight excluding hydrogens is 503 g/mol. The van der Waals surface area contributed by atoms with Gasteiger partial charge in [-0.3, -0.25) is 0 Å². The van der Waals surface area contributed by atoms with Gasteiger partial charge in [0.15, 0.2) is 0 Å². The molecule has 2 aromatic carbocycles. The van der Waals surface area contributed by atoms with Gasteiger partial charge in [-0.05, 0) is 0 Å². The molecule has 0 unspecified atom stereocenters. The number of aromatic amines is 1. The summed E-state index contributed by atoms with van der Waals surface area (Å²) in [4.78, 5) is 15.7. The summed E-state index contributed by atoms with van der Waals surface area (Å²) < 4.78 is 31.7. The van der Waals surface area contributed by atoms with Crippen molar-refractivity contribution in [3.05, 3.63) is 65.5 Å². The van der Waals surface area contributed by atoms with Crippen LogP contribution in [0.25, 0.3) is 21.9 Å². The van der Waals surface area contributed by atoms with Crippen LogP contribution >= 0.6 is 0 Å². The molecule has 2 heterocycles. The second kappa shape index (κ2) is 9.01. The average Bonchev–Trinajstić information content (AvgIpc) is 3.42. The number of carbonyl (C=O) groups excluding carboxylic acids is 1. The first-order valence-corrected chi connectivity index (χ1v) is 15.8. The van der Waals surface area contributed by atoms with Crippen LogP contribution in [-0.4, -0.2) is 39.1 Å². The predicted molar refractivity (Wildman–Crippen MR) is 126 cm³/mol. The Morgan fingerprint density at radius 2 is 1.97 bits per heavy atom. The van der Waals surface area contributed by atoms with Gasteiger partial charge in [-0.25, -0.2) is 0 Å². The number of H-pyrrole nitrogens is 1. The Hall–Kier alpha value is -2.54. The van der Waals surface area contributed by atoms with Crippen molar-refractivity contribution in [2.24, 2.45) is 0 Å². The van der Waals surface area contributed by atoms with Crippen molar-refractivity contribution in [1.82, 2.24) is 10.5 Å². The number of aryl methyl sites for hydroxylation is 3. The molecule has 7 nitrogen and oxygen atoms in total. The van der Waals surface area contributed by atoms with Crippen LogP contribution in [0.5, 0.6) is 0 Å². The van der Waals surface area contributed by atoms with Crippen molar-refractivity contribution < 1.29 is 22.8 Å². The predicted octanol–water partition coefficient (Wildman–Crippen LogP) is 4.11. The third-order valence-corrected chi connectivity index (χ3v) is 13.4. The van der Waals surface area contributed by atoms with Gasteiger partial charge in [0, 0.05) is 0 Å². The third kappa shape index (κ3) is 4.35. The molecule has 0 bridgehead atoms. The molecule has 0 saturated carbocycles. The number of carbonyl (C=O) groups is 1. The molecule has 1 atom stereocenters. The van der Waals surface area contributed by atoms with E-state index in [1.807, 2.05) is 36.5 Å². The van der Waals surface area contributed by atoms with Crippen LogP contribution < -0.4 is 5.48 Å². The number of aromatic nitrogens is 1. The van der Waals surface area contributed by atoms with Crippen molar-refractivity contribution >= 4 is 50.5 Å². The van der Waals surface area contributed by atoms with E-state index in [4.69, 9.17) is 4.42 Å². The summed E-state index contributed by atoms with van der Waals surface area (Å²) in [6.45, 7) is 0. The number of amides is 1. The van der Waals surface area contributed by atoms with E-state index in [9.17, 15) is 18.4 Å². The van der Waals surface area contributed by atoms with E-state index in [1.54, 1.807) is 17.6 Å². The van der Waals surface area contributed by atoms with Gasteiger partial charge in [0.2, 0.25) is 0 Å². The molecule has 1 amide bonds. The van der Waals surface area contributed by atoms with Gasteiger partial charge in [-0.2, -0.15) is 0 Å². The van der Waals surface area contributed by atoms with Crippen LogP contribution in [0.3, 0.4) is 0 Å². The number of nitrogens with one attached hydrogen (secondary N) is 2. The van der Waals surface area contributed by atoms with Crippen molar-refractivity contribution in [3.63, 3.8) is 0 Å². The summed E-state index contributed by atoms with van der Waals surface area (Å²) in [7, 11) is -3.69. The minimum atomic E-state index is -3.69. The van der Waals surface area contributed by atoms with E-state index < -0.39 is 33.3 Å². The fourth-order valence-electron chi connectivity index (χ4n) is 4.57. The number of rotatable bonds is 7. The quantitative estimate of drug-likeness (QED) is 0.190. The zero-order valence-corrected chi connectivity index (χ0v) is 20.6. The van der Waals surface area contributed by atoms with Gasteiger partial charge in [-0.15, -0.1) is 0 Å².